The van der Waals surface area contributed by atoms with E-state index in [1.807, 2.05) is 30.3 Å². The van der Waals surface area contributed by atoms with Crippen molar-refractivity contribution in [3.8, 4) is 11.5 Å². The van der Waals surface area contributed by atoms with Gasteiger partial charge in [-0.1, -0.05) is 18.2 Å². The lowest BCUT2D eigenvalue weighted by atomic mass is 10.2. The van der Waals surface area contributed by atoms with Crippen LogP contribution in [0, 0.1) is 13.8 Å². The number of hydrogen-bond acceptors (Lipinski definition) is 4. The van der Waals surface area contributed by atoms with Gasteiger partial charge in [0.15, 0.2) is 0 Å². The highest BCUT2D eigenvalue weighted by atomic mass is 16.5. The van der Waals surface area contributed by atoms with Crippen LogP contribution in [0.1, 0.15) is 27.4 Å². The molecule has 0 aliphatic carbocycles. The van der Waals surface area contributed by atoms with Gasteiger partial charge in [-0.25, -0.2) is 4.98 Å². The molecule has 3 rings (SSSR count). The van der Waals surface area contributed by atoms with Crippen LogP contribution in [0.25, 0.3) is 0 Å². The summed E-state index contributed by atoms with van der Waals surface area (Å²) in [7, 11) is 0. The number of aromatic nitrogens is 2. The number of nitrogens with one attached hydrogen (secondary N) is 2. The number of benzene rings is 2. The van der Waals surface area contributed by atoms with Crippen molar-refractivity contribution in [2.75, 3.05) is 0 Å². The fourth-order valence-electron chi connectivity index (χ4n) is 2.53. The Kier molecular flexibility index (Phi) is 5.12. The Balaban J connectivity index is 1.64. The molecule has 0 aliphatic rings. The molecule has 0 saturated carbocycles. The van der Waals surface area contributed by atoms with Crippen molar-refractivity contribution in [1.82, 2.24) is 15.3 Å². The number of para-hydroxylation sites is 1. The third-order valence-electron chi connectivity index (χ3n) is 3.86. The molecule has 0 unspecified atom stereocenters. The molecule has 6 heteroatoms. The predicted octanol–water partition coefficient (Wildman–Crippen LogP) is 3.11. The van der Waals surface area contributed by atoms with E-state index in [0.717, 1.165) is 5.75 Å². The number of aryl methyl sites for hydroxylation is 2. The SMILES string of the molecule is Cc1nc(C)c(CNC(=O)c2ccc(Oc3ccccc3)cc2)c(=O)[nH]1. The third-order valence-corrected chi connectivity index (χ3v) is 3.86. The van der Waals surface area contributed by atoms with Crippen molar-refractivity contribution in [3.63, 3.8) is 0 Å². The average molecular weight is 349 g/mol. The minimum atomic E-state index is -0.268. The molecule has 0 atom stereocenters. The summed E-state index contributed by atoms with van der Waals surface area (Å²) in [6, 6.07) is 16.2. The van der Waals surface area contributed by atoms with Gasteiger partial charge in [-0.05, 0) is 50.2 Å². The third kappa shape index (κ3) is 4.16. The minimum absolute atomic E-state index is 0.121. The first-order valence-corrected chi connectivity index (χ1v) is 8.20. The quantitative estimate of drug-likeness (QED) is 0.741. The summed E-state index contributed by atoms with van der Waals surface area (Å²) >= 11 is 0. The number of H-pyrrole nitrogens is 1. The molecule has 0 aliphatic heterocycles. The first-order valence-electron chi connectivity index (χ1n) is 8.20. The van der Waals surface area contributed by atoms with Gasteiger partial charge in [0.05, 0.1) is 12.1 Å². The Labute approximate surface area is 150 Å². The molecular weight excluding hydrogens is 330 g/mol. The van der Waals surface area contributed by atoms with Gasteiger partial charge in [0.25, 0.3) is 11.5 Å². The maximum atomic E-state index is 12.3. The average Bonchev–Trinajstić information content (AvgIpc) is 2.62. The van der Waals surface area contributed by atoms with Gasteiger partial charge >= 0.3 is 0 Å². The van der Waals surface area contributed by atoms with Crippen LogP contribution in [0.5, 0.6) is 11.5 Å². The number of ether oxygens (including phenoxy) is 1. The topological polar surface area (TPSA) is 84.1 Å². The van der Waals surface area contributed by atoms with Gasteiger partial charge in [-0.3, -0.25) is 9.59 Å². The minimum Gasteiger partial charge on any atom is -0.457 e. The highest BCUT2D eigenvalue weighted by Gasteiger charge is 2.10. The fourth-order valence-corrected chi connectivity index (χ4v) is 2.53. The molecule has 0 saturated heterocycles. The Morgan fingerprint density at radius 3 is 2.35 bits per heavy atom. The van der Waals surface area contributed by atoms with Crippen molar-refractivity contribution in [2.45, 2.75) is 20.4 Å². The van der Waals surface area contributed by atoms with Crippen molar-refractivity contribution in [3.05, 3.63) is 87.6 Å². The smallest absolute Gasteiger partial charge is 0.256 e. The molecule has 26 heavy (non-hydrogen) atoms. The summed E-state index contributed by atoms with van der Waals surface area (Å²) < 4.78 is 5.70. The summed E-state index contributed by atoms with van der Waals surface area (Å²) in [5.74, 6) is 1.65. The lowest BCUT2D eigenvalue weighted by molar-refractivity contribution is 0.0950. The lowest BCUT2D eigenvalue weighted by Gasteiger charge is -2.09. The molecule has 1 amide bonds. The fraction of sp³-hybridized carbons (Fsp3) is 0.150. The molecule has 0 radical (unpaired) electrons. The Morgan fingerprint density at radius 2 is 1.69 bits per heavy atom. The summed E-state index contributed by atoms with van der Waals surface area (Å²) in [5, 5.41) is 2.75. The highest BCUT2D eigenvalue weighted by Crippen LogP contribution is 2.21. The largest absolute Gasteiger partial charge is 0.457 e. The van der Waals surface area contributed by atoms with Gasteiger partial charge in [0.1, 0.15) is 17.3 Å². The van der Waals surface area contributed by atoms with E-state index >= 15 is 0 Å². The van der Waals surface area contributed by atoms with Gasteiger partial charge in [-0.2, -0.15) is 0 Å². The van der Waals surface area contributed by atoms with Gasteiger partial charge in [-0.15, -0.1) is 0 Å². The Hall–Kier alpha value is -3.41. The van der Waals surface area contributed by atoms with Crippen LogP contribution in [0.2, 0.25) is 0 Å². The zero-order chi connectivity index (χ0) is 18.5. The molecule has 0 fully saturated rings. The number of carbonyl (C=O) groups is 1. The molecule has 6 nitrogen and oxygen atoms in total. The van der Waals surface area contributed by atoms with Gasteiger partial charge in [0, 0.05) is 11.3 Å². The van der Waals surface area contributed by atoms with Crippen LogP contribution in [0.4, 0.5) is 0 Å². The van der Waals surface area contributed by atoms with E-state index in [2.05, 4.69) is 15.3 Å². The molecule has 1 heterocycles. The maximum absolute atomic E-state index is 12.3. The summed E-state index contributed by atoms with van der Waals surface area (Å²) in [6.07, 6.45) is 0. The van der Waals surface area contributed by atoms with Crippen molar-refractivity contribution in [1.29, 1.82) is 0 Å². The number of amides is 1. The zero-order valence-corrected chi connectivity index (χ0v) is 14.6. The van der Waals surface area contributed by atoms with E-state index in [1.165, 1.54) is 0 Å². The van der Waals surface area contributed by atoms with Crippen molar-refractivity contribution >= 4 is 5.91 Å². The number of nitrogens with zero attached hydrogens (tertiary/aromatic N) is 1. The highest BCUT2D eigenvalue weighted by molar-refractivity contribution is 5.94. The lowest BCUT2D eigenvalue weighted by Crippen LogP contribution is -2.28. The second-order valence-electron chi connectivity index (χ2n) is 5.84. The van der Waals surface area contributed by atoms with Crippen LogP contribution in [-0.2, 0) is 6.54 Å². The molecule has 2 N–H and O–H groups in total. The maximum Gasteiger partial charge on any atom is 0.256 e. The van der Waals surface area contributed by atoms with Crippen molar-refractivity contribution in [2.24, 2.45) is 0 Å². The number of carbonyl (C=O) groups excluding carboxylic acids is 1. The molecular formula is C20H19N3O3. The van der Waals surface area contributed by atoms with Gasteiger partial charge in [0.2, 0.25) is 0 Å². The van der Waals surface area contributed by atoms with Crippen LogP contribution >= 0.6 is 0 Å². The molecule has 0 bridgehead atoms. The monoisotopic (exact) mass is 349 g/mol. The van der Waals surface area contributed by atoms with E-state index < -0.39 is 0 Å². The first-order chi connectivity index (χ1) is 12.5. The standard InChI is InChI=1S/C20H19N3O3/c1-13-18(20(25)23-14(2)22-13)12-21-19(24)15-8-10-17(11-9-15)26-16-6-4-3-5-7-16/h3-11H,12H2,1-2H3,(H,21,24)(H,22,23,25). The van der Waals surface area contributed by atoms with Crippen LogP contribution < -0.4 is 15.6 Å². The Morgan fingerprint density at radius 1 is 1.04 bits per heavy atom. The molecule has 132 valence electrons. The summed E-state index contributed by atoms with van der Waals surface area (Å²) in [6.45, 7) is 3.59. The Bertz CT molecular complexity index is 964. The molecule has 2 aromatic carbocycles. The van der Waals surface area contributed by atoms with Crippen LogP contribution in [0.3, 0.4) is 0 Å². The molecule has 0 spiro atoms. The second kappa shape index (κ2) is 7.65. The summed E-state index contributed by atoms with van der Waals surface area (Å²) in [5.41, 5.74) is 1.31. The predicted molar refractivity (Wildman–Crippen MR) is 98.5 cm³/mol. The normalized spacial score (nSPS) is 10.4. The van der Waals surface area contributed by atoms with Crippen LogP contribution in [0.15, 0.2) is 59.4 Å². The molecule has 1 aromatic heterocycles. The first kappa shape index (κ1) is 17.4. The van der Waals surface area contributed by atoms with Crippen LogP contribution in [-0.4, -0.2) is 15.9 Å². The molecule has 3 aromatic rings. The van der Waals surface area contributed by atoms with E-state index in [4.69, 9.17) is 4.74 Å². The summed E-state index contributed by atoms with van der Waals surface area (Å²) in [4.78, 5) is 31.1. The number of hydrogen-bond donors (Lipinski definition) is 2. The van der Waals surface area contributed by atoms with Gasteiger partial charge < -0.3 is 15.0 Å². The zero-order valence-electron chi connectivity index (χ0n) is 14.6. The van der Waals surface area contributed by atoms with E-state index in [9.17, 15) is 9.59 Å². The van der Waals surface area contributed by atoms with E-state index in [-0.39, 0.29) is 18.0 Å². The van der Waals surface area contributed by atoms with E-state index in [0.29, 0.717) is 28.4 Å². The number of rotatable bonds is 5. The second-order valence-corrected chi connectivity index (χ2v) is 5.84. The van der Waals surface area contributed by atoms with Crippen molar-refractivity contribution < 1.29 is 9.53 Å². The van der Waals surface area contributed by atoms with E-state index in [1.54, 1.807) is 38.1 Å². The number of aromatic amines is 1.